The Labute approximate surface area is 164 Å². The normalized spacial score (nSPS) is 18.6. The number of amidine groups is 1. The topological polar surface area (TPSA) is 33.6 Å². The Morgan fingerprint density at radius 1 is 0.889 bits per heavy atom. The fourth-order valence-corrected chi connectivity index (χ4v) is 4.17. The molecule has 1 heterocycles. The second-order valence-electron chi connectivity index (χ2n) is 6.46. The molecule has 3 aromatic carbocycles. The van der Waals surface area contributed by atoms with Crippen molar-refractivity contribution < 1.29 is 4.74 Å². The summed E-state index contributed by atoms with van der Waals surface area (Å²) < 4.78 is 5.32. The molecule has 0 spiro atoms. The highest BCUT2D eigenvalue weighted by Crippen LogP contribution is 2.38. The Morgan fingerprint density at radius 3 is 2.30 bits per heavy atom. The van der Waals surface area contributed by atoms with Crippen molar-refractivity contribution >= 4 is 16.9 Å². The predicted octanol–water partition coefficient (Wildman–Crippen LogP) is 5.37. The lowest BCUT2D eigenvalue weighted by Gasteiger charge is -2.19. The maximum absolute atomic E-state index is 5.32. The second kappa shape index (κ2) is 8.31. The van der Waals surface area contributed by atoms with E-state index in [0.717, 1.165) is 16.7 Å². The van der Waals surface area contributed by atoms with Gasteiger partial charge in [-0.3, -0.25) is 4.99 Å². The van der Waals surface area contributed by atoms with Gasteiger partial charge in [0.05, 0.1) is 13.2 Å². The van der Waals surface area contributed by atoms with Gasteiger partial charge >= 0.3 is 0 Å². The standard InChI is InChI=1S/C23H22N2OS/c1-26-20-14-8-9-17(15-20)16-27-23-24-21(18-10-4-2-5-11-18)22(25-23)19-12-6-3-7-13-19/h2-15,21-22H,16H2,1H3,(H,24,25)/t21-,22+. The molecule has 0 radical (unpaired) electrons. The van der Waals surface area contributed by atoms with Gasteiger partial charge < -0.3 is 10.1 Å². The number of nitrogens with zero attached hydrogens (tertiary/aromatic N) is 1. The van der Waals surface area contributed by atoms with Gasteiger partial charge in [-0.1, -0.05) is 84.6 Å². The van der Waals surface area contributed by atoms with Crippen molar-refractivity contribution in [3.8, 4) is 5.75 Å². The van der Waals surface area contributed by atoms with Crippen LogP contribution in [0.15, 0.2) is 89.9 Å². The second-order valence-corrected chi connectivity index (χ2v) is 7.43. The summed E-state index contributed by atoms with van der Waals surface area (Å²) in [6.07, 6.45) is 0. The summed E-state index contributed by atoms with van der Waals surface area (Å²) in [5.41, 5.74) is 3.71. The van der Waals surface area contributed by atoms with Crippen LogP contribution in [0.25, 0.3) is 0 Å². The largest absolute Gasteiger partial charge is 0.497 e. The van der Waals surface area contributed by atoms with Gasteiger partial charge in [-0.15, -0.1) is 0 Å². The summed E-state index contributed by atoms with van der Waals surface area (Å²) in [4.78, 5) is 5.01. The zero-order valence-corrected chi connectivity index (χ0v) is 16.0. The molecule has 27 heavy (non-hydrogen) atoms. The lowest BCUT2D eigenvalue weighted by molar-refractivity contribution is 0.414. The van der Waals surface area contributed by atoms with E-state index in [0.29, 0.717) is 0 Å². The number of methoxy groups -OCH3 is 1. The Balaban J connectivity index is 1.54. The minimum atomic E-state index is 0.0846. The molecule has 0 saturated carbocycles. The van der Waals surface area contributed by atoms with E-state index in [1.807, 2.05) is 18.2 Å². The van der Waals surface area contributed by atoms with Crippen molar-refractivity contribution in [2.24, 2.45) is 4.99 Å². The quantitative estimate of drug-likeness (QED) is 0.652. The van der Waals surface area contributed by atoms with Crippen molar-refractivity contribution in [2.45, 2.75) is 17.8 Å². The molecule has 0 fully saturated rings. The Morgan fingerprint density at radius 2 is 1.59 bits per heavy atom. The summed E-state index contributed by atoms with van der Waals surface area (Å²) >= 11 is 1.74. The van der Waals surface area contributed by atoms with Gasteiger partial charge in [-0.2, -0.15) is 0 Å². The Hall–Kier alpha value is -2.72. The minimum absolute atomic E-state index is 0.0846. The maximum Gasteiger partial charge on any atom is 0.158 e. The SMILES string of the molecule is COc1cccc(CSC2=N[C@@H](c3ccccc3)[C@@H](c3ccccc3)N2)c1. The zero-order chi connectivity index (χ0) is 18.5. The van der Waals surface area contributed by atoms with Crippen molar-refractivity contribution in [1.29, 1.82) is 0 Å². The molecule has 4 heteroatoms. The van der Waals surface area contributed by atoms with E-state index in [9.17, 15) is 0 Å². The fourth-order valence-electron chi connectivity index (χ4n) is 3.29. The number of aliphatic imine (C=N–C) groups is 1. The smallest absolute Gasteiger partial charge is 0.158 e. The van der Waals surface area contributed by atoms with Gasteiger partial charge in [0, 0.05) is 5.75 Å². The van der Waals surface area contributed by atoms with Gasteiger partial charge in [0.1, 0.15) is 11.8 Å². The van der Waals surface area contributed by atoms with Crippen LogP contribution in [-0.2, 0) is 5.75 Å². The number of nitrogens with one attached hydrogen (secondary N) is 1. The number of hydrogen-bond donors (Lipinski definition) is 1. The molecule has 3 aromatic rings. The van der Waals surface area contributed by atoms with Crippen molar-refractivity contribution in [2.75, 3.05) is 7.11 Å². The van der Waals surface area contributed by atoms with Crippen molar-refractivity contribution in [3.63, 3.8) is 0 Å². The van der Waals surface area contributed by atoms with E-state index in [2.05, 4.69) is 72.0 Å². The van der Waals surface area contributed by atoms with Crippen LogP contribution in [0, 0.1) is 0 Å². The lowest BCUT2D eigenvalue weighted by Crippen LogP contribution is -2.22. The van der Waals surface area contributed by atoms with Crippen LogP contribution in [0.1, 0.15) is 28.8 Å². The highest BCUT2D eigenvalue weighted by Gasteiger charge is 2.31. The average molecular weight is 375 g/mol. The first-order valence-corrected chi connectivity index (χ1v) is 10.0. The molecule has 136 valence electrons. The summed E-state index contributed by atoms with van der Waals surface area (Å²) in [5, 5.41) is 4.62. The Bertz CT molecular complexity index is 912. The summed E-state index contributed by atoms with van der Waals surface area (Å²) in [6, 6.07) is 29.5. The van der Waals surface area contributed by atoms with Gasteiger partial charge in [0.15, 0.2) is 5.17 Å². The zero-order valence-electron chi connectivity index (χ0n) is 15.2. The third kappa shape index (κ3) is 4.17. The monoisotopic (exact) mass is 374 g/mol. The summed E-state index contributed by atoms with van der Waals surface area (Å²) in [5.74, 6) is 1.74. The van der Waals surface area contributed by atoms with Crippen LogP contribution in [0.2, 0.25) is 0 Å². The first-order valence-electron chi connectivity index (χ1n) is 9.03. The van der Waals surface area contributed by atoms with Gasteiger partial charge in [-0.25, -0.2) is 0 Å². The van der Waals surface area contributed by atoms with Crippen LogP contribution in [-0.4, -0.2) is 12.3 Å². The van der Waals surface area contributed by atoms with Crippen LogP contribution in [0.5, 0.6) is 5.75 Å². The van der Waals surface area contributed by atoms with Crippen LogP contribution in [0.3, 0.4) is 0 Å². The van der Waals surface area contributed by atoms with E-state index in [-0.39, 0.29) is 12.1 Å². The molecule has 0 saturated heterocycles. The number of hydrogen-bond acceptors (Lipinski definition) is 4. The molecular weight excluding hydrogens is 352 g/mol. The van der Waals surface area contributed by atoms with E-state index in [1.54, 1.807) is 18.9 Å². The van der Waals surface area contributed by atoms with Gasteiger partial charge in [0.25, 0.3) is 0 Å². The fraction of sp³-hybridized carbons (Fsp3) is 0.174. The molecular formula is C23H22N2OS. The number of benzene rings is 3. The lowest BCUT2D eigenvalue weighted by atomic mass is 9.95. The molecule has 0 unspecified atom stereocenters. The highest BCUT2D eigenvalue weighted by molar-refractivity contribution is 8.13. The molecule has 2 atom stereocenters. The number of ether oxygens (including phenoxy) is 1. The summed E-state index contributed by atoms with van der Waals surface area (Å²) in [7, 11) is 1.70. The molecule has 1 aliphatic rings. The van der Waals surface area contributed by atoms with E-state index >= 15 is 0 Å². The summed E-state index contributed by atoms with van der Waals surface area (Å²) in [6.45, 7) is 0. The van der Waals surface area contributed by atoms with Crippen LogP contribution < -0.4 is 10.1 Å². The Kier molecular flexibility index (Phi) is 5.45. The third-order valence-corrected chi connectivity index (χ3v) is 5.63. The highest BCUT2D eigenvalue weighted by atomic mass is 32.2. The van der Waals surface area contributed by atoms with Gasteiger partial charge in [0.2, 0.25) is 0 Å². The molecule has 4 rings (SSSR count). The third-order valence-electron chi connectivity index (χ3n) is 4.66. The van der Waals surface area contributed by atoms with Crippen LogP contribution in [0.4, 0.5) is 0 Å². The van der Waals surface area contributed by atoms with Gasteiger partial charge in [-0.05, 0) is 28.8 Å². The average Bonchev–Trinajstić information content (AvgIpc) is 3.18. The molecule has 0 aromatic heterocycles. The first kappa shape index (κ1) is 17.7. The first-order chi connectivity index (χ1) is 13.3. The van der Waals surface area contributed by atoms with E-state index < -0.39 is 0 Å². The molecule has 1 aliphatic heterocycles. The van der Waals surface area contributed by atoms with E-state index in [1.165, 1.54) is 16.7 Å². The van der Waals surface area contributed by atoms with Crippen molar-refractivity contribution in [3.05, 3.63) is 102 Å². The molecule has 1 N–H and O–H groups in total. The van der Waals surface area contributed by atoms with Crippen LogP contribution >= 0.6 is 11.8 Å². The number of rotatable bonds is 5. The molecule has 0 amide bonds. The van der Waals surface area contributed by atoms with E-state index in [4.69, 9.17) is 9.73 Å². The maximum atomic E-state index is 5.32. The number of thioether (sulfide) groups is 1. The molecule has 3 nitrogen and oxygen atoms in total. The van der Waals surface area contributed by atoms with Crippen molar-refractivity contribution in [1.82, 2.24) is 5.32 Å². The molecule has 0 aliphatic carbocycles. The molecule has 0 bridgehead atoms. The minimum Gasteiger partial charge on any atom is -0.497 e. The predicted molar refractivity (Wildman–Crippen MR) is 113 cm³/mol.